The first-order valence-corrected chi connectivity index (χ1v) is 4.65. The fraction of sp³-hybridized carbons (Fsp3) is 0.700. The third-order valence-corrected chi connectivity index (χ3v) is 1.84. The molecule has 0 fully saturated rings. The fourth-order valence-electron chi connectivity index (χ4n) is 1.10. The molecule has 1 aliphatic heterocycles. The number of Topliss-reactive ketones (excluding diaryl/α,β-unsaturated/α-hetero) is 1. The normalized spacial score (nSPS) is 16.7. The van der Waals surface area contributed by atoms with E-state index >= 15 is 0 Å². The lowest BCUT2D eigenvalue weighted by Gasteiger charge is -2.13. The molecule has 1 aliphatic rings. The minimum atomic E-state index is 0.0494. The molecule has 0 aliphatic carbocycles. The maximum absolute atomic E-state index is 11.4. The molecule has 0 radical (unpaired) electrons. The van der Waals surface area contributed by atoms with Gasteiger partial charge in [-0.3, -0.25) is 4.79 Å². The fourth-order valence-corrected chi connectivity index (χ4v) is 1.10. The summed E-state index contributed by atoms with van der Waals surface area (Å²) >= 11 is 0. The first-order chi connectivity index (χ1) is 6.20. The van der Waals surface area contributed by atoms with Gasteiger partial charge in [-0.25, -0.2) is 0 Å². The summed E-state index contributed by atoms with van der Waals surface area (Å²) in [4.78, 5) is 11.4. The molecule has 0 aromatic rings. The van der Waals surface area contributed by atoms with Crippen LogP contribution in [0, 0.1) is 0 Å². The van der Waals surface area contributed by atoms with Gasteiger partial charge in [0.1, 0.15) is 6.61 Å². The van der Waals surface area contributed by atoms with Crippen LogP contribution in [0.2, 0.25) is 0 Å². The van der Waals surface area contributed by atoms with Crippen molar-refractivity contribution in [3.05, 3.63) is 11.8 Å². The zero-order valence-corrected chi connectivity index (χ0v) is 8.21. The molecule has 0 aromatic heterocycles. The Morgan fingerprint density at radius 1 is 1.69 bits per heavy atom. The highest BCUT2D eigenvalue weighted by atomic mass is 16.5. The van der Waals surface area contributed by atoms with Gasteiger partial charge in [0.2, 0.25) is 0 Å². The number of carbonyl (C=O) groups excluding carboxylic acids is 1. The molecule has 0 unspecified atom stereocenters. The predicted octanol–water partition coefficient (Wildman–Crippen LogP) is 1.67. The maximum atomic E-state index is 11.4. The number of hydrogen-bond donors (Lipinski definition) is 0. The number of ether oxygens (including phenoxy) is 2. The van der Waals surface area contributed by atoms with Crippen LogP contribution in [0.4, 0.5) is 0 Å². The highest BCUT2D eigenvalue weighted by molar-refractivity contribution is 5.96. The summed E-state index contributed by atoms with van der Waals surface area (Å²) < 4.78 is 10.3. The predicted molar refractivity (Wildman–Crippen MR) is 49.4 cm³/mol. The van der Waals surface area contributed by atoms with Gasteiger partial charge in [-0.15, -0.1) is 0 Å². The molecule has 74 valence electrons. The Bertz CT molecular complexity index is 206. The summed E-state index contributed by atoms with van der Waals surface area (Å²) in [5, 5.41) is 0. The van der Waals surface area contributed by atoms with Gasteiger partial charge in [0.25, 0.3) is 0 Å². The van der Waals surface area contributed by atoms with Crippen LogP contribution >= 0.6 is 0 Å². The molecule has 0 atom stereocenters. The van der Waals surface area contributed by atoms with Gasteiger partial charge in [-0.05, 0) is 26.7 Å². The highest BCUT2D eigenvalue weighted by Crippen LogP contribution is 2.12. The second-order valence-electron chi connectivity index (χ2n) is 3.40. The second kappa shape index (κ2) is 5.02. The summed E-state index contributed by atoms with van der Waals surface area (Å²) in [5.41, 5.74) is 0.756. The van der Waals surface area contributed by atoms with Crippen LogP contribution in [0.3, 0.4) is 0 Å². The number of rotatable bonds is 4. The van der Waals surface area contributed by atoms with Crippen molar-refractivity contribution in [2.75, 3.05) is 13.2 Å². The first kappa shape index (κ1) is 10.3. The lowest BCUT2D eigenvalue weighted by atomic mass is 10.1. The smallest absolute Gasteiger partial charge is 0.187 e. The zero-order chi connectivity index (χ0) is 9.68. The van der Waals surface area contributed by atoms with E-state index in [0.29, 0.717) is 0 Å². The van der Waals surface area contributed by atoms with Crippen molar-refractivity contribution in [2.45, 2.75) is 32.8 Å². The Morgan fingerprint density at radius 2 is 2.46 bits per heavy atom. The Morgan fingerprint density at radius 3 is 3.00 bits per heavy atom. The average molecular weight is 184 g/mol. The van der Waals surface area contributed by atoms with Gasteiger partial charge in [0.05, 0.1) is 19.0 Å². The molecule has 0 saturated carbocycles. The van der Waals surface area contributed by atoms with Crippen LogP contribution in [-0.2, 0) is 14.3 Å². The molecule has 3 heteroatoms. The van der Waals surface area contributed by atoms with Crippen molar-refractivity contribution >= 4 is 5.78 Å². The van der Waals surface area contributed by atoms with Gasteiger partial charge in [0, 0.05) is 5.57 Å². The van der Waals surface area contributed by atoms with Crippen molar-refractivity contribution in [1.82, 2.24) is 0 Å². The van der Waals surface area contributed by atoms with E-state index in [9.17, 15) is 4.79 Å². The van der Waals surface area contributed by atoms with E-state index in [1.54, 1.807) is 6.26 Å². The molecular weight excluding hydrogens is 168 g/mol. The van der Waals surface area contributed by atoms with E-state index in [1.807, 2.05) is 13.8 Å². The topological polar surface area (TPSA) is 35.5 Å². The largest absolute Gasteiger partial charge is 0.501 e. The minimum absolute atomic E-state index is 0.0494. The van der Waals surface area contributed by atoms with Crippen LogP contribution < -0.4 is 0 Å². The van der Waals surface area contributed by atoms with Crippen LogP contribution in [-0.4, -0.2) is 25.1 Å². The van der Waals surface area contributed by atoms with Crippen LogP contribution in [0.15, 0.2) is 11.8 Å². The summed E-state index contributed by atoms with van der Waals surface area (Å²) in [7, 11) is 0. The molecule has 0 amide bonds. The number of hydrogen-bond acceptors (Lipinski definition) is 3. The Kier molecular flexibility index (Phi) is 3.96. The van der Waals surface area contributed by atoms with Gasteiger partial charge in [-0.2, -0.15) is 0 Å². The van der Waals surface area contributed by atoms with Crippen LogP contribution in [0.5, 0.6) is 0 Å². The van der Waals surface area contributed by atoms with E-state index in [4.69, 9.17) is 9.47 Å². The van der Waals surface area contributed by atoms with E-state index < -0.39 is 0 Å². The van der Waals surface area contributed by atoms with Crippen molar-refractivity contribution < 1.29 is 14.3 Å². The van der Waals surface area contributed by atoms with Crippen molar-refractivity contribution in [1.29, 1.82) is 0 Å². The molecule has 0 saturated heterocycles. The average Bonchev–Trinajstić information content (AvgIpc) is 2.15. The third kappa shape index (κ3) is 3.59. The Balaban J connectivity index is 2.34. The molecule has 1 rings (SSSR count). The highest BCUT2D eigenvalue weighted by Gasteiger charge is 2.13. The lowest BCUT2D eigenvalue weighted by Crippen LogP contribution is -2.17. The molecular formula is C10H16O3. The van der Waals surface area contributed by atoms with Gasteiger partial charge in [-0.1, -0.05) is 0 Å². The second-order valence-corrected chi connectivity index (χ2v) is 3.40. The SMILES string of the molecule is CC(C)OCC(=O)C1=COCCC1. The first-order valence-electron chi connectivity index (χ1n) is 4.65. The summed E-state index contributed by atoms with van der Waals surface area (Å²) in [5.74, 6) is 0.0494. The molecule has 13 heavy (non-hydrogen) atoms. The number of ketones is 1. The summed E-state index contributed by atoms with van der Waals surface area (Å²) in [6.45, 7) is 4.73. The Labute approximate surface area is 78.7 Å². The molecule has 0 bridgehead atoms. The molecule has 1 heterocycles. The Hall–Kier alpha value is -0.830. The van der Waals surface area contributed by atoms with E-state index in [1.165, 1.54) is 0 Å². The van der Waals surface area contributed by atoms with Crippen LogP contribution in [0.1, 0.15) is 26.7 Å². The standard InChI is InChI=1S/C10H16O3/c1-8(2)13-7-10(11)9-4-3-5-12-6-9/h6,8H,3-5,7H2,1-2H3. The molecule has 3 nitrogen and oxygen atoms in total. The van der Waals surface area contributed by atoms with Gasteiger partial charge >= 0.3 is 0 Å². The van der Waals surface area contributed by atoms with Crippen LogP contribution in [0.25, 0.3) is 0 Å². The lowest BCUT2D eigenvalue weighted by molar-refractivity contribution is -0.121. The quantitative estimate of drug-likeness (QED) is 0.666. The van der Waals surface area contributed by atoms with Gasteiger partial charge in [0.15, 0.2) is 5.78 Å². The number of carbonyl (C=O) groups is 1. The third-order valence-electron chi connectivity index (χ3n) is 1.84. The van der Waals surface area contributed by atoms with Gasteiger partial charge < -0.3 is 9.47 Å². The summed E-state index contributed by atoms with van der Waals surface area (Å²) in [6, 6.07) is 0. The monoisotopic (exact) mass is 184 g/mol. The minimum Gasteiger partial charge on any atom is -0.501 e. The van der Waals surface area contributed by atoms with E-state index in [0.717, 1.165) is 25.0 Å². The summed E-state index contributed by atoms with van der Waals surface area (Å²) in [6.07, 6.45) is 3.42. The molecule has 0 aromatic carbocycles. The van der Waals surface area contributed by atoms with Crippen molar-refractivity contribution in [3.63, 3.8) is 0 Å². The zero-order valence-electron chi connectivity index (χ0n) is 8.21. The molecule has 0 spiro atoms. The van der Waals surface area contributed by atoms with Crippen molar-refractivity contribution in [2.24, 2.45) is 0 Å². The maximum Gasteiger partial charge on any atom is 0.187 e. The van der Waals surface area contributed by atoms with E-state index in [2.05, 4.69) is 0 Å². The molecule has 0 N–H and O–H groups in total. The van der Waals surface area contributed by atoms with E-state index in [-0.39, 0.29) is 18.5 Å². The van der Waals surface area contributed by atoms with Crippen molar-refractivity contribution in [3.8, 4) is 0 Å².